The molecule has 1 aromatic rings. The van der Waals surface area contributed by atoms with Crippen LogP contribution in [0, 0.1) is 0 Å². The molecule has 0 radical (unpaired) electrons. The molecule has 0 N–H and O–H groups in total. The zero-order valence-electron chi connectivity index (χ0n) is 11.9. The Hall–Kier alpha value is -0.540. The van der Waals surface area contributed by atoms with E-state index in [0.717, 1.165) is 18.4 Å². The number of aromatic nitrogens is 2. The predicted octanol–water partition coefficient (Wildman–Crippen LogP) is 4.09. The number of halogens is 1. The van der Waals surface area contributed by atoms with Crippen LogP contribution in [0.3, 0.4) is 0 Å². The molecule has 0 spiro atoms. The third-order valence-electron chi connectivity index (χ3n) is 3.69. The van der Waals surface area contributed by atoms with Crippen LogP contribution in [0.2, 0.25) is 0 Å². The standard InChI is InChI=1S/C14H23ClN2O/c1-6-11(15)10-8-16-17(9-10)12-7-13(2,3)18-14(12,4)5/h8-9,11-12H,6-7H2,1-5H3. The van der Waals surface area contributed by atoms with Crippen molar-refractivity contribution in [1.82, 2.24) is 9.78 Å². The molecular formula is C14H23ClN2O. The van der Waals surface area contributed by atoms with E-state index in [1.54, 1.807) is 0 Å². The Morgan fingerprint density at radius 2 is 2.17 bits per heavy atom. The van der Waals surface area contributed by atoms with E-state index in [2.05, 4.69) is 45.9 Å². The molecule has 4 heteroatoms. The Labute approximate surface area is 114 Å². The molecule has 0 amide bonds. The Balaban J connectivity index is 2.24. The van der Waals surface area contributed by atoms with Gasteiger partial charge in [0.1, 0.15) is 0 Å². The summed E-state index contributed by atoms with van der Waals surface area (Å²) >= 11 is 6.25. The van der Waals surface area contributed by atoms with Crippen molar-refractivity contribution in [2.45, 2.75) is 70.1 Å². The molecule has 1 fully saturated rings. The first kappa shape index (κ1) is 13.9. The van der Waals surface area contributed by atoms with Crippen LogP contribution < -0.4 is 0 Å². The summed E-state index contributed by atoms with van der Waals surface area (Å²) in [6.07, 6.45) is 5.84. The van der Waals surface area contributed by atoms with E-state index in [-0.39, 0.29) is 22.6 Å². The van der Waals surface area contributed by atoms with Gasteiger partial charge in [0.05, 0.1) is 28.8 Å². The van der Waals surface area contributed by atoms with Gasteiger partial charge < -0.3 is 4.74 Å². The minimum Gasteiger partial charge on any atom is -0.367 e. The van der Waals surface area contributed by atoms with Crippen LogP contribution in [-0.4, -0.2) is 21.0 Å². The van der Waals surface area contributed by atoms with E-state index in [1.165, 1.54) is 0 Å². The molecule has 2 unspecified atom stereocenters. The fourth-order valence-electron chi connectivity index (χ4n) is 2.87. The summed E-state index contributed by atoms with van der Waals surface area (Å²) < 4.78 is 8.13. The molecule has 0 aromatic carbocycles. The van der Waals surface area contributed by atoms with Crippen LogP contribution >= 0.6 is 11.6 Å². The van der Waals surface area contributed by atoms with Gasteiger partial charge >= 0.3 is 0 Å². The molecule has 3 nitrogen and oxygen atoms in total. The third-order valence-corrected chi connectivity index (χ3v) is 4.25. The van der Waals surface area contributed by atoms with Crippen LogP contribution in [0.5, 0.6) is 0 Å². The van der Waals surface area contributed by atoms with Gasteiger partial charge in [-0.3, -0.25) is 4.68 Å². The maximum absolute atomic E-state index is 6.25. The summed E-state index contributed by atoms with van der Waals surface area (Å²) in [5, 5.41) is 4.53. The molecule has 1 aromatic heterocycles. The highest BCUT2D eigenvalue weighted by molar-refractivity contribution is 6.20. The van der Waals surface area contributed by atoms with E-state index in [4.69, 9.17) is 16.3 Å². The van der Waals surface area contributed by atoms with Crippen molar-refractivity contribution in [1.29, 1.82) is 0 Å². The molecule has 2 heterocycles. The molecular weight excluding hydrogens is 248 g/mol. The lowest BCUT2D eigenvalue weighted by Gasteiger charge is -2.27. The van der Waals surface area contributed by atoms with Crippen LogP contribution in [0.25, 0.3) is 0 Å². The highest BCUT2D eigenvalue weighted by Gasteiger charge is 2.47. The lowest BCUT2D eigenvalue weighted by atomic mass is 9.95. The summed E-state index contributed by atoms with van der Waals surface area (Å²) in [4.78, 5) is 0. The van der Waals surface area contributed by atoms with E-state index < -0.39 is 0 Å². The molecule has 2 rings (SSSR count). The maximum Gasteiger partial charge on any atom is 0.0857 e. The topological polar surface area (TPSA) is 27.1 Å². The van der Waals surface area contributed by atoms with Gasteiger partial charge in [-0.15, -0.1) is 11.6 Å². The van der Waals surface area contributed by atoms with Crippen molar-refractivity contribution >= 4 is 11.6 Å². The molecule has 1 saturated heterocycles. The lowest BCUT2D eigenvalue weighted by Crippen LogP contribution is -2.31. The van der Waals surface area contributed by atoms with Crippen molar-refractivity contribution in [3.8, 4) is 0 Å². The van der Waals surface area contributed by atoms with Gasteiger partial charge in [-0.25, -0.2) is 0 Å². The molecule has 102 valence electrons. The van der Waals surface area contributed by atoms with Crippen molar-refractivity contribution < 1.29 is 4.74 Å². The van der Waals surface area contributed by atoms with Crippen LogP contribution in [0.15, 0.2) is 12.4 Å². The minimum atomic E-state index is -0.194. The number of ether oxygens (including phenoxy) is 1. The second-order valence-corrected chi connectivity index (χ2v) is 6.84. The first-order chi connectivity index (χ1) is 8.25. The predicted molar refractivity (Wildman–Crippen MR) is 74.0 cm³/mol. The second kappa shape index (κ2) is 4.53. The zero-order chi connectivity index (χ0) is 13.6. The summed E-state index contributed by atoms with van der Waals surface area (Å²) in [6, 6.07) is 0.266. The van der Waals surface area contributed by atoms with Crippen molar-refractivity contribution in [2.24, 2.45) is 0 Å². The molecule has 1 aliphatic rings. The summed E-state index contributed by atoms with van der Waals surface area (Å²) in [5.41, 5.74) is 0.811. The molecule has 2 atom stereocenters. The normalized spacial score (nSPS) is 27.3. The first-order valence-corrected chi connectivity index (χ1v) is 7.07. The minimum absolute atomic E-state index is 0.0530. The van der Waals surface area contributed by atoms with Crippen LogP contribution in [0.4, 0.5) is 0 Å². The third kappa shape index (κ3) is 2.57. The first-order valence-electron chi connectivity index (χ1n) is 6.63. The Morgan fingerprint density at radius 1 is 1.50 bits per heavy atom. The number of nitrogens with zero attached hydrogens (tertiary/aromatic N) is 2. The van der Waals surface area contributed by atoms with Gasteiger partial charge in [0.25, 0.3) is 0 Å². The molecule has 1 aliphatic heterocycles. The highest BCUT2D eigenvalue weighted by atomic mass is 35.5. The van der Waals surface area contributed by atoms with Crippen molar-refractivity contribution in [3.05, 3.63) is 18.0 Å². The van der Waals surface area contributed by atoms with Gasteiger partial charge in [-0.2, -0.15) is 5.10 Å². The smallest absolute Gasteiger partial charge is 0.0857 e. The number of alkyl halides is 1. The molecule has 0 aliphatic carbocycles. The molecule has 0 saturated carbocycles. The average molecular weight is 271 g/mol. The monoisotopic (exact) mass is 270 g/mol. The van der Waals surface area contributed by atoms with Crippen molar-refractivity contribution in [2.75, 3.05) is 0 Å². The van der Waals surface area contributed by atoms with Crippen LogP contribution in [0.1, 0.15) is 64.4 Å². The summed E-state index contributed by atoms with van der Waals surface area (Å²) in [5.74, 6) is 0. The van der Waals surface area contributed by atoms with Gasteiger partial charge in [0.2, 0.25) is 0 Å². The fraction of sp³-hybridized carbons (Fsp3) is 0.786. The van der Waals surface area contributed by atoms with E-state index >= 15 is 0 Å². The van der Waals surface area contributed by atoms with E-state index in [9.17, 15) is 0 Å². The number of rotatable bonds is 3. The van der Waals surface area contributed by atoms with Gasteiger partial charge in [0, 0.05) is 18.2 Å². The quantitative estimate of drug-likeness (QED) is 0.774. The SMILES string of the molecule is CCC(Cl)c1cnn(C2CC(C)(C)OC2(C)C)c1. The second-order valence-electron chi connectivity index (χ2n) is 6.31. The summed E-state index contributed by atoms with van der Waals surface area (Å²) in [6.45, 7) is 10.6. The van der Waals surface area contributed by atoms with E-state index in [1.807, 2.05) is 10.9 Å². The highest BCUT2D eigenvalue weighted by Crippen LogP contribution is 2.44. The van der Waals surface area contributed by atoms with Gasteiger partial charge in [0.15, 0.2) is 0 Å². The van der Waals surface area contributed by atoms with Crippen molar-refractivity contribution in [3.63, 3.8) is 0 Å². The molecule has 18 heavy (non-hydrogen) atoms. The maximum atomic E-state index is 6.25. The van der Waals surface area contributed by atoms with E-state index in [0.29, 0.717) is 0 Å². The average Bonchev–Trinajstić information content (AvgIpc) is 2.79. The Morgan fingerprint density at radius 3 is 2.67 bits per heavy atom. The summed E-state index contributed by atoms with van der Waals surface area (Å²) in [7, 11) is 0. The zero-order valence-corrected chi connectivity index (χ0v) is 12.7. The Kier molecular flexibility index (Phi) is 3.50. The largest absolute Gasteiger partial charge is 0.367 e. The van der Waals surface area contributed by atoms with Gasteiger partial charge in [-0.1, -0.05) is 6.92 Å². The lowest BCUT2D eigenvalue weighted by molar-refractivity contribution is -0.0737. The molecule has 0 bridgehead atoms. The number of hydrogen-bond donors (Lipinski definition) is 0. The Bertz CT molecular complexity index is 425. The van der Waals surface area contributed by atoms with Gasteiger partial charge in [-0.05, 0) is 34.1 Å². The van der Waals surface area contributed by atoms with Crippen LogP contribution in [-0.2, 0) is 4.74 Å². The number of hydrogen-bond acceptors (Lipinski definition) is 2. The fourth-order valence-corrected chi connectivity index (χ4v) is 2.98.